The second kappa shape index (κ2) is 9.37. The van der Waals surface area contributed by atoms with Crippen LogP contribution in [0.5, 0.6) is 11.5 Å². The van der Waals surface area contributed by atoms with Crippen molar-refractivity contribution in [3.05, 3.63) is 64.1 Å². The molecular weight excluding hydrogens is 442 g/mol. The predicted molar refractivity (Wildman–Crippen MR) is 128 cm³/mol. The van der Waals surface area contributed by atoms with Gasteiger partial charge < -0.3 is 19.8 Å². The molecule has 0 unspecified atom stereocenters. The van der Waals surface area contributed by atoms with Crippen molar-refractivity contribution >= 4 is 34.4 Å². The molecule has 0 fully saturated rings. The lowest BCUT2D eigenvalue weighted by Crippen LogP contribution is -2.16. The Bertz CT molecular complexity index is 1400. The number of hydrogen-bond donors (Lipinski definition) is 2. The highest BCUT2D eigenvalue weighted by atomic mass is 32.2. The molecule has 10 heteroatoms. The summed E-state index contributed by atoms with van der Waals surface area (Å²) >= 11 is 1.13. The van der Waals surface area contributed by atoms with Gasteiger partial charge in [0.1, 0.15) is 16.9 Å². The van der Waals surface area contributed by atoms with Crippen LogP contribution in [0.25, 0.3) is 16.7 Å². The summed E-state index contributed by atoms with van der Waals surface area (Å²) in [6.07, 6.45) is 1.49. The van der Waals surface area contributed by atoms with Gasteiger partial charge in [0.05, 0.1) is 37.5 Å². The van der Waals surface area contributed by atoms with E-state index >= 15 is 0 Å². The van der Waals surface area contributed by atoms with Gasteiger partial charge in [-0.3, -0.25) is 9.59 Å². The number of carbonyl (C=O) groups excluding carboxylic acids is 1. The molecule has 2 heterocycles. The summed E-state index contributed by atoms with van der Waals surface area (Å²) in [7, 11) is 3.07. The van der Waals surface area contributed by atoms with Gasteiger partial charge in [-0.25, -0.2) is 9.67 Å². The van der Waals surface area contributed by atoms with Crippen LogP contribution in [0, 0.1) is 13.8 Å². The number of thioether (sulfide) groups is 1. The highest BCUT2D eigenvalue weighted by molar-refractivity contribution is 7.99. The van der Waals surface area contributed by atoms with E-state index in [4.69, 9.17) is 9.47 Å². The zero-order valence-corrected chi connectivity index (χ0v) is 19.4. The first-order chi connectivity index (χ1) is 15.9. The number of nitrogens with zero attached hydrogens (tertiary/aromatic N) is 3. The summed E-state index contributed by atoms with van der Waals surface area (Å²) in [5.74, 6) is 0.878. The third kappa shape index (κ3) is 4.70. The van der Waals surface area contributed by atoms with E-state index in [1.807, 2.05) is 32.0 Å². The number of carbonyl (C=O) groups is 1. The van der Waals surface area contributed by atoms with Gasteiger partial charge in [0.25, 0.3) is 5.56 Å². The number of hydrogen-bond acceptors (Lipinski definition) is 7. The fraction of sp³-hybridized carbons (Fsp3) is 0.217. The second-order valence-corrected chi connectivity index (χ2v) is 8.30. The Hall–Kier alpha value is -3.79. The highest BCUT2D eigenvalue weighted by Crippen LogP contribution is 2.29. The molecule has 2 aromatic heterocycles. The molecule has 4 rings (SSSR count). The number of rotatable bonds is 7. The number of aromatic nitrogens is 4. The van der Waals surface area contributed by atoms with E-state index in [-0.39, 0.29) is 17.2 Å². The zero-order valence-electron chi connectivity index (χ0n) is 18.6. The molecule has 1 amide bonds. The quantitative estimate of drug-likeness (QED) is 0.318. The summed E-state index contributed by atoms with van der Waals surface area (Å²) in [4.78, 5) is 32.3. The largest absolute Gasteiger partial charge is 0.497 e. The molecule has 0 radical (unpaired) electrons. The number of H-pyrrole nitrogens is 1. The van der Waals surface area contributed by atoms with Gasteiger partial charge in [-0.05, 0) is 49.2 Å². The molecule has 0 saturated carbocycles. The standard InChI is InChI=1S/C23H23N5O4S/c1-13-5-6-15(9-14(13)2)28-21-17(11-24-28)22(30)27-23(26-21)33-12-20(29)25-18-8-7-16(31-3)10-19(18)32-4/h5-11H,12H2,1-4H3,(H,25,29)(H,26,27,30). The molecule has 0 aliphatic heterocycles. The van der Waals surface area contributed by atoms with E-state index in [0.29, 0.717) is 33.4 Å². The third-order valence-corrected chi connectivity index (χ3v) is 6.05. The summed E-state index contributed by atoms with van der Waals surface area (Å²) in [6.45, 7) is 4.05. The van der Waals surface area contributed by atoms with Gasteiger partial charge in [-0.15, -0.1) is 0 Å². The number of nitrogens with one attached hydrogen (secondary N) is 2. The molecule has 2 aromatic carbocycles. The van der Waals surface area contributed by atoms with Crippen LogP contribution in [0.2, 0.25) is 0 Å². The lowest BCUT2D eigenvalue weighted by Gasteiger charge is -2.11. The highest BCUT2D eigenvalue weighted by Gasteiger charge is 2.14. The van der Waals surface area contributed by atoms with Crippen LogP contribution >= 0.6 is 11.8 Å². The fourth-order valence-corrected chi connectivity index (χ4v) is 3.89. The van der Waals surface area contributed by atoms with Gasteiger partial charge >= 0.3 is 0 Å². The Morgan fingerprint density at radius 3 is 2.67 bits per heavy atom. The third-order valence-electron chi connectivity index (χ3n) is 5.17. The van der Waals surface area contributed by atoms with Crippen molar-refractivity contribution < 1.29 is 14.3 Å². The van der Waals surface area contributed by atoms with E-state index in [0.717, 1.165) is 28.6 Å². The van der Waals surface area contributed by atoms with Crippen LogP contribution in [0.15, 0.2) is 52.5 Å². The van der Waals surface area contributed by atoms with Crippen LogP contribution in [0.3, 0.4) is 0 Å². The number of amides is 1. The molecule has 0 bridgehead atoms. The van der Waals surface area contributed by atoms with Crippen LogP contribution in [0.1, 0.15) is 11.1 Å². The maximum atomic E-state index is 12.6. The number of aryl methyl sites for hydroxylation is 2. The Balaban J connectivity index is 1.54. The van der Waals surface area contributed by atoms with Crippen LogP contribution < -0.4 is 20.3 Å². The van der Waals surface area contributed by atoms with E-state index in [1.54, 1.807) is 30.0 Å². The van der Waals surface area contributed by atoms with Crippen molar-refractivity contribution in [3.63, 3.8) is 0 Å². The molecule has 0 atom stereocenters. The van der Waals surface area contributed by atoms with Crippen LogP contribution in [0.4, 0.5) is 5.69 Å². The van der Waals surface area contributed by atoms with Gasteiger partial charge in [0, 0.05) is 6.07 Å². The maximum Gasteiger partial charge on any atom is 0.262 e. The molecule has 9 nitrogen and oxygen atoms in total. The molecule has 170 valence electrons. The lowest BCUT2D eigenvalue weighted by molar-refractivity contribution is -0.113. The molecule has 4 aromatic rings. The van der Waals surface area contributed by atoms with Crippen molar-refractivity contribution in [2.75, 3.05) is 25.3 Å². The minimum atomic E-state index is -0.310. The van der Waals surface area contributed by atoms with Gasteiger partial charge in [-0.2, -0.15) is 5.10 Å². The minimum absolute atomic E-state index is 0.0431. The maximum absolute atomic E-state index is 12.6. The Labute approximate surface area is 194 Å². The summed E-state index contributed by atoms with van der Waals surface area (Å²) in [5, 5.41) is 7.85. The molecule has 0 aliphatic carbocycles. The van der Waals surface area contributed by atoms with E-state index < -0.39 is 0 Å². The second-order valence-electron chi connectivity index (χ2n) is 7.34. The first-order valence-electron chi connectivity index (χ1n) is 10.1. The van der Waals surface area contributed by atoms with E-state index in [1.165, 1.54) is 13.3 Å². The SMILES string of the molecule is COc1ccc(NC(=O)CSc2nc3c(cnn3-c3ccc(C)c(C)c3)c(=O)[nH]2)c(OC)c1. The normalized spacial score (nSPS) is 10.9. The molecular formula is C23H23N5O4S. The number of benzene rings is 2. The number of aromatic amines is 1. The first kappa shape index (κ1) is 22.4. The fourth-order valence-electron chi connectivity index (χ4n) is 3.23. The molecule has 0 saturated heterocycles. The van der Waals surface area contributed by atoms with E-state index in [2.05, 4.69) is 20.4 Å². The predicted octanol–water partition coefficient (Wildman–Crippen LogP) is 3.47. The van der Waals surface area contributed by atoms with Gasteiger partial charge in [0.2, 0.25) is 5.91 Å². The smallest absolute Gasteiger partial charge is 0.262 e. The zero-order chi connectivity index (χ0) is 23.5. The van der Waals surface area contributed by atoms with Crippen molar-refractivity contribution in [2.24, 2.45) is 0 Å². The van der Waals surface area contributed by atoms with E-state index in [9.17, 15) is 9.59 Å². The van der Waals surface area contributed by atoms with Crippen molar-refractivity contribution in [1.29, 1.82) is 0 Å². The topological polar surface area (TPSA) is 111 Å². The molecule has 33 heavy (non-hydrogen) atoms. The summed E-state index contributed by atoms with van der Waals surface area (Å²) < 4.78 is 12.1. The molecule has 0 aliphatic rings. The number of anilines is 1. The molecule has 0 spiro atoms. The Kier molecular flexibility index (Phi) is 6.36. The van der Waals surface area contributed by atoms with Crippen molar-refractivity contribution in [1.82, 2.24) is 19.7 Å². The Morgan fingerprint density at radius 2 is 1.94 bits per heavy atom. The summed E-state index contributed by atoms with van der Waals surface area (Å²) in [5.41, 5.74) is 3.73. The monoisotopic (exact) mass is 465 g/mol. The minimum Gasteiger partial charge on any atom is -0.497 e. The van der Waals surface area contributed by atoms with Crippen molar-refractivity contribution in [2.45, 2.75) is 19.0 Å². The molecule has 2 N–H and O–H groups in total. The van der Waals surface area contributed by atoms with Crippen molar-refractivity contribution in [3.8, 4) is 17.2 Å². The average Bonchev–Trinajstić information content (AvgIpc) is 3.24. The van der Waals surface area contributed by atoms with Crippen LogP contribution in [-0.2, 0) is 4.79 Å². The number of ether oxygens (including phenoxy) is 2. The first-order valence-corrected chi connectivity index (χ1v) is 11.1. The summed E-state index contributed by atoms with van der Waals surface area (Å²) in [6, 6.07) is 11.0. The van der Waals surface area contributed by atoms with Gasteiger partial charge in [-0.1, -0.05) is 17.8 Å². The Morgan fingerprint density at radius 1 is 1.12 bits per heavy atom. The number of fused-ring (bicyclic) bond motifs is 1. The average molecular weight is 466 g/mol. The number of methoxy groups -OCH3 is 2. The van der Waals surface area contributed by atoms with Crippen LogP contribution in [-0.4, -0.2) is 45.6 Å². The van der Waals surface area contributed by atoms with Gasteiger partial charge in [0.15, 0.2) is 10.8 Å². The lowest BCUT2D eigenvalue weighted by atomic mass is 10.1.